The van der Waals surface area contributed by atoms with E-state index in [9.17, 15) is 0 Å². The quantitative estimate of drug-likeness (QED) is 0.839. The van der Waals surface area contributed by atoms with E-state index in [0.29, 0.717) is 5.92 Å². The Morgan fingerprint density at radius 2 is 1.43 bits per heavy atom. The summed E-state index contributed by atoms with van der Waals surface area (Å²) in [4.78, 5) is 0. The van der Waals surface area contributed by atoms with Crippen LogP contribution in [0.1, 0.15) is 43.6 Å². The molecular weight excluding hydrogens is 254 g/mol. The Morgan fingerprint density at radius 1 is 0.810 bits per heavy atom. The van der Waals surface area contributed by atoms with Gasteiger partial charge >= 0.3 is 0 Å². The molecule has 1 saturated carbocycles. The smallest absolute Gasteiger partial charge is 0.000556 e. The Balaban J connectivity index is 1.79. The van der Waals surface area contributed by atoms with E-state index < -0.39 is 0 Å². The van der Waals surface area contributed by atoms with Crippen LogP contribution in [-0.4, -0.2) is 6.54 Å². The van der Waals surface area contributed by atoms with Crippen molar-refractivity contribution in [2.24, 2.45) is 11.7 Å². The molecule has 1 unspecified atom stereocenters. The lowest BCUT2D eigenvalue weighted by Crippen LogP contribution is -2.23. The monoisotopic (exact) mass is 279 g/mol. The van der Waals surface area contributed by atoms with Crippen LogP contribution in [0.2, 0.25) is 0 Å². The molecule has 1 aliphatic carbocycles. The molecule has 0 bridgehead atoms. The van der Waals surface area contributed by atoms with E-state index in [1.807, 2.05) is 0 Å². The van der Waals surface area contributed by atoms with Crippen molar-refractivity contribution in [3.63, 3.8) is 0 Å². The third-order valence-corrected chi connectivity index (χ3v) is 4.92. The highest BCUT2D eigenvalue weighted by atomic mass is 14.6. The summed E-state index contributed by atoms with van der Waals surface area (Å²) in [6.45, 7) is 0.773. The zero-order chi connectivity index (χ0) is 14.5. The van der Waals surface area contributed by atoms with E-state index in [1.54, 1.807) is 0 Å². The van der Waals surface area contributed by atoms with Crippen molar-refractivity contribution < 1.29 is 0 Å². The largest absolute Gasteiger partial charge is 0.330 e. The van der Waals surface area contributed by atoms with Gasteiger partial charge in [-0.3, -0.25) is 0 Å². The average molecular weight is 279 g/mol. The molecule has 1 atom stereocenters. The lowest BCUT2D eigenvalue weighted by molar-refractivity contribution is 0.307. The molecule has 3 rings (SSSR count). The average Bonchev–Trinajstić information content (AvgIpc) is 2.58. The standard InChI is InChI=1S/C20H25N/c21-15-20(18-9-5-2-6-10-18)19-13-11-17(12-14-19)16-7-3-1-4-8-16/h1,3-4,7-8,11-14,18,20H,2,5-6,9-10,15,21H2. The van der Waals surface area contributed by atoms with Gasteiger partial charge in [0.05, 0.1) is 0 Å². The van der Waals surface area contributed by atoms with Crippen LogP contribution in [-0.2, 0) is 0 Å². The van der Waals surface area contributed by atoms with Gasteiger partial charge in [-0.05, 0) is 47.9 Å². The number of benzene rings is 2. The molecule has 2 N–H and O–H groups in total. The molecule has 110 valence electrons. The van der Waals surface area contributed by atoms with Gasteiger partial charge in [0.1, 0.15) is 0 Å². The second kappa shape index (κ2) is 6.91. The van der Waals surface area contributed by atoms with Crippen molar-refractivity contribution in [1.82, 2.24) is 0 Å². The Hall–Kier alpha value is -1.60. The molecule has 0 aliphatic heterocycles. The van der Waals surface area contributed by atoms with Crippen molar-refractivity contribution in [3.05, 3.63) is 60.2 Å². The maximum atomic E-state index is 6.08. The van der Waals surface area contributed by atoms with Crippen LogP contribution in [0.5, 0.6) is 0 Å². The van der Waals surface area contributed by atoms with Gasteiger partial charge in [-0.15, -0.1) is 0 Å². The molecular formula is C20H25N. The predicted octanol–water partition coefficient (Wildman–Crippen LogP) is 4.98. The van der Waals surface area contributed by atoms with Crippen molar-refractivity contribution >= 4 is 0 Å². The van der Waals surface area contributed by atoms with E-state index in [0.717, 1.165) is 12.5 Å². The molecule has 1 heteroatoms. The van der Waals surface area contributed by atoms with Crippen LogP contribution >= 0.6 is 0 Å². The first-order valence-corrected chi connectivity index (χ1v) is 8.24. The van der Waals surface area contributed by atoms with Crippen LogP contribution in [0.4, 0.5) is 0 Å². The Labute approximate surface area is 128 Å². The maximum Gasteiger partial charge on any atom is -0.000556 e. The highest BCUT2D eigenvalue weighted by molar-refractivity contribution is 5.63. The topological polar surface area (TPSA) is 26.0 Å². The lowest BCUT2D eigenvalue weighted by atomic mass is 9.76. The molecule has 1 fully saturated rings. The fourth-order valence-electron chi connectivity index (χ4n) is 3.69. The highest BCUT2D eigenvalue weighted by Gasteiger charge is 2.23. The number of hydrogen-bond donors (Lipinski definition) is 1. The van der Waals surface area contributed by atoms with E-state index in [4.69, 9.17) is 5.73 Å². The molecule has 0 aromatic heterocycles. The van der Waals surface area contributed by atoms with Gasteiger partial charge in [0, 0.05) is 0 Å². The summed E-state index contributed by atoms with van der Waals surface area (Å²) in [7, 11) is 0. The second-order valence-corrected chi connectivity index (χ2v) is 6.23. The van der Waals surface area contributed by atoms with E-state index >= 15 is 0 Å². The van der Waals surface area contributed by atoms with Gasteiger partial charge in [-0.2, -0.15) is 0 Å². The van der Waals surface area contributed by atoms with Crippen molar-refractivity contribution in [3.8, 4) is 11.1 Å². The summed E-state index contributed by atoms with van der Waals surface area (Å²) in [5.41, 5.74) is 10.1. The Kier molecular flexibility index (Phi) is 4.72. The fourth-order valence-corrected chi connectivity index (χ4v) is 3.69. The normalized spacial score (nSPS) is 17.6. The number of nitrogens with two attached hydrogens (primary N) is 1. The second-order valence-electron chi connectivity index (χ2n) is 6.23. The third kappa shape index (κ3) is 3.36. The predicted molar refractivity (Wildman–Crippen MR) is 90.2 cm³/mol. The third-order valence-electron chi connectivity index (χ3n) is 4.92. The minimum absolute atomic E-state index is 0.537. The molecule has 1 nitrogen and oxygen atoms in total. The summed E-state index contributed by atoms with van der Waals surface area (Å²) >= 11 is 0. The van der Waals surface area contributed by atoms with Crippen molar-refractivity contribution in [2.75, 3.05) is 6.54 Å². The SMILES string of the molecule is NCC(c1ccc(-c2ccccc2)cc1)C1CCCCC1. The molecule has 0 amide bonds. The van der Waals surface area contributed by atoms with Crippen LogP contribution in [0, 0.1) is 5.92 Å². The first-order valence-electron chi connectivity index (χ1n) is 8.24. The molecule has 0 saturated heterocycles. The highest BCUT2D eigenvalue weighted by Crippen LogP contribution is 2.36. The van der Waals surface area contributed by atoms with Crippen LogP contribution in [0.3, 0.4) is 0 Å². The summed E-state index contributed by atoms with van der Waals surface area (Å²) < 4.78 is 0. The molecule has 0 heterocycles. The first-order chi connectivity index (χ1) is 10.4. The molecule has 2 aromatic carbocycles. The molecule has 1 aliphatic rings. The molecule has 21 heavy (non-hydrogen) atoms. The number of hydrogen-bond acceptors (Lipinski definition) is 1. The zero-order valence-electron chi connectivity index (χ0n) is 12.7. The van der Waals surface area contributed by atoms with Gasteiger partial charge in [-0.25, -0.2) is 0 Å². The minimum Gasteiger partial charge on any atom is -0.330 e. The Morgan fingerprint density at radius 3 is 2.05 bits per heavy atom. The lowest BCUT2D eigenvalue weighted by Gasteiger charge is -2.29. The summed E-state index contributed by atoms with van der Waals surface area (Å²) in [5, 5.41) is 0. The van der Waals surface area contributed by atoms with Crippen LogP contribution < -0.4 is 5.73 Å². The zero-order valence-corrected chi connectivity index (χ0v) is 12.7. The first kappa shape index (κ1) is 14.3. The van der Waals surface area contributed by atoms with Gasteiger partial charge < -0.3 is 5.73 Å². The van der Waals surface area contributed by atoms with E-state index in [1.165, 1.54) is 48.8 Å². The Bertz CT molecular complexity index is 538. The van der Waals surface area contributed by atoms with Gasteiger partial charge in [-0.1, -0.05) is 73.9 Å². The van der Waals surface area contributed by atoms with Crippen molar-refractivity contribution in [2.45, 2.75) is 38.0 Å². The van der Waals surface area contributed by atoms with Gasteiger partial charge in [0.25, 0.3) is 0 Å². The molecule has 0 spiro atoms. The fraction of sp³-hybridized carbons (Fsp3) is 0.400. The number of rotatable bonds is 4. The van der Waals surface area contributed by atoms with E-state index in [2.05, 4.69) is 54.6 Å². The minimum atomic E-state index is 0.537. The van der Waals surface area contributed by atoms with Crippen molar-refractivity contribution in [1.29, 1.82) is 0 Å². The van der Waals surface area contributed by atoms with Gasteiger partial charge in [0.2, 0.25) is 0 Å². The van der Waals surface area contributed by atoms with E-state index in [-0.39, 0.29) is 0 Å². The van der Waals surface area contributed by atoms with Crippen LogP contribution in [0.25, 0.3) is 11.1 Å². The van der Waals surface area contributed by atoms with Crippen LogP contribution in [0.15, 0.2) is 54.6 Å². The maximum absolute atomic E-state index is 6.08. The molecule has 0 radical (unpaired) electrons. The summed E-state index contributed by atoms with van der Waals surface area (Å²) in [6.07, 6.45) is 6.86. The summed E-state index contributed by atoms with van der Waals surface area (Å²) in [6, 6.07) is 19.6. The molecule has 2 aromatic rings. The summed E-state index contributed by atoms with van der Waals surface area (Å²) in [5.74, 6) is 1.32. The van der Waals surface area contributed by atoms with Gasteiger partial charge in [0.15, 0.2) is 0 Å².